The van der Waals surface area contributed by atoms with E-state index in [1.807, 2.05) is 19.9 Å². The van der Waals surface area contributed by atoms with Crippen LogP contribution < -0.4 is 10.6 Å². The molecule has 2 aromatic heterocycles. The maximum absolute atomic E-state index is 12.6. The molecular formula is C18H24ClN5O. The van der Waals surface area contributed by atoms with Crippen LogP contribution in [0.4, 0.5) is 0 Å². The fourth-order valence-electron chi connectivity index (χ4n) is 3.15. The second kappa shape index (κ2) is 7.14. The van der Waals surface area contributed by atoms with Gasteiger partial charge in [-0.2, -0.15) is 5.10 Å². The molecule has 1 fully saturated rings. The molecule has 7 heteroatoms. The second-order valence-corrected chi connectivity index (χ2v) is 7.49. The van der Waals surface area contributed by atoms with Crippen LogP contribution in [-0.4, -0.2) is 40.3 Å². The predicted molar refractivity (Wildman–Crippen MR) is 98.4 cm³/mol. The standard InChI is InChI=1S/C18H24ClN5O/c1-12-10-13(2)24(23-12)15-5-4-14(19)16(22-15)17(25)21-11-18(3)6-8-20-9-7-18/h4-5,10,20H,6-9,11H2,1-3H3,(H,21,25). The Morgan fingerprint density at radius 3 is 2.72 bits per heavy atom. The molecule has 1 amide bonds. The van der Waals surface area contributed by atoms with E-state index in [1.54, 1.807) is 16.8 Å². The first-order chi connectivity index (χ1) is 11.9. The summed E-state index contributed by atoms with van der Waals surface area (Å²) in [5.74, 6) is 0.348. The van der Waals surface area contributed by atoms with Crippen molar-refractivity contribution in [1.29, 1.82) is 0 Å². The van der Waals surface area contributed by atoms with Crippen LogP contribution in [0.3, 0.4) is 0 Å². The van der Waals surface area contributed by atoms with E-state index in [1.165, 1.54) is 0 Å². The van der Waals surface area contributed by atoms with E-state index in [-0.39, 0.29) is 17.0 Å². The van der Waals surface area contributed by atoms with Crippen molar-refractivity contribution in [2.24, 2.45) is 5.41 Å². The molecule has 1 aliphatic rings. The van der Waals surface area contributed by atoms with Gasteiger partial charge in [0.1, 0.15) is 5.69 Å². The number of amides is 1. The van der Waals surface area contributed by atoms with E-state index in [2.05, 4.69) is 27.6 Å². The first-order valence-corrected chi connectivity index (χ1v) is 8.95. The quantitative estimate of drug-likeness (QED) is 0.878. The van der Waals surface area contributed by atoms with E-state index in [9.17, 15) is 4.79 Å². The smallest absolute Gasteiger partial charge is 0.271 e. The molecule has 0 aromatic carbocycles. The van der Waals surface area contributed by atoms with E-state index >= 15 is 0 Å². The van der Waals surface area contributed by atoms with Crippen molar-refractivity contribution < 1.29 is 4.79 Å². The summed E-state index contributed by atoms with van der Waals surface area (Å²) in [5.41, 5.74) is 2.21. The van der Waals surface area contributed by atoms with Crippen molar-refractivity contribution in [3.05, 3.63) is 40.3 Å². The van der Waals surface area contributed by atoms with Gasteiger partial charge in [-0.3, -0.25) is 4.79 Å². The number of hydrogen-bond donors (Lipinski definition) is 2. The Labute approximate surface area is 153 Å². The zero-order chi connectivity index (χ0) is 18.0. The molecule has 3 rings (SSSR count). The molecule has 1 saturated heterocycles. The molecule has 0 bridgehead atoms. The van der Waals surface area contributed by atoms with Crippen LogP contribution in [0.5, 0.6) is 0 Å². The lowest BCUT2D eigenvalue weighted by Crippen LogP contribution is -2.43. The fraction of sp³-hybridized carbons (Fsp3) is 0.500. The highest BCUT2D eigenvalue weighted by Crippen LogP contribution is 2.27. The van der Waals surface area contributed by atoms with Crippen molar-refractivity contribution in [3.8, 4) is 5.82 Å². The number of aromatic nitrogens is 3. The number of carbonyl (C=O) groups excluding carboxylic acids is 1. The van der Waals surface area contributed by atoms with Gasteiger partial charge in [0, 0.05) is 12.2 Å². The summed E-state index contributed by atoms with van der Waals surface area (Å²) in [7, 11) is 0. The Bertz CT molecular complexity index is 780. The van der Waals surface area contributed by atoms with Gasteiger partial charge in [-0.1, -0.05) is 18.5 Å². The molecule has 0 aliphatic carbocycles. The van der Waals surface area contributed by atoms with E-state index < -0.39 is 0 Å². The number of nitrogens with one attached hydrogen (secondary N) is 2. The second-order valence-electron chi connectivity index (χ2n) is 7.08. The molecule has 3 heterocycles. The molecule has 134 valence electrons. The first-order valence-electron chi connectivity index (χ1n) is 8.57. The molecule has 0 spiro atoms. The lowest BCUT2D eigenvalue weighted by Gasteiger charge is -2.34. The summed E-state index contributed by atoms with van der Waals surface area (Å²) < 4.78 is 1.72. The summed E-state index contributed by atoms with van der Waals surface area (Å²) in [6.45, 7) is 8.67. The first kappa shape index (κ1) is 17.9. The minimum atomic E-state index is -0.242. The third kappa shape index (κ3) is 4.02. The van der Waals surface area contributed by atoms with Gasteiger partial charge in [0.2, 0.25) is 0 Å². The highest BCUT2D eigenvalue weighted by molar-refractivity contribution is 6.33. The zero-order valence-electron chi connectivity index (χ0n) is 14.9. The van der Waals surface area contributed by atoms with E-state index in [0.29, 0.717) is 17.4 Å². The van der Waals surface area contributed by atoms with Crippen LogP contribution in [0.1, 0.15) is 41.6 Å². The monoisotopic (exact) mass is 361 g/mol. The summed E-state index contributed by atoms with van der Waals surface area (Å²) in [6, 6.07) is 5.43. The van der Waals surface area contributed by atoms with Gasteiger partial charge in [0.25, 0.3) is 5.91 Å². The number of rotatable bonds is 4. The van der Waals surface area contributed by atoms with Crippen LogP contribution in [0.25, 0.3) is 5.82 Å². The van der Waals surface area contributed by atoms with Gasteiger partial charge in [-0.25, -0.2) is 9.67 Å². The van der Waals surface area contributed by atoms with Crippen LogP contribution in [0.2, 0.25) is 5.02 Å². The number of pyridine rings is 1. The van der Waals surface area contributed by atoms with Crippen LogP contribution in [0.15, 0.2) is 18.2 Å². The maximum atomic E-state index is 12.6. The van der Waals surface area contributed by atoms with Crippen molar-refractivity contribution in [1.82, 2.24) is 25.4 Å². The van der Waals surface area contributed by atoms with Gasteiger partial charge >= 0.3 is 0 Å². The summed E-state index contributed by atoms with van der Waals surface area (Å²) in [4.78, 5) is 17.1. The van der Waals surface area contributed by atoms with Gasteiger partial charge < -0.3 is 10.6 Å². The summed E-state index contributed by atoms with van der Waals surface area (Å²) in [5, 5.41) is 11.1. The topological polar surface area (TPSA) is 71.8 Å². The number of aryl methyl sites for hydroxylation is 2. The van der Waals surface area contributed by atoms with Gasteiger partial charge in [0.05, 0.1) is 10.7 Å². The largest absolute Gasteiger partial charge is 0.350 e. The lowest BCUT2D eigenvalue weighted by molar-refractivity contribution is 0.0917. The normalized spacial score (nSPS) is 16.6. The Hall–Kier alpha value is -1.92. The van der Waals surface area contributed by atoms with Gasteiger partial charge in [-0.05, 0) is 63.4 Å². The number of nitrogens with zero attached hydrogens (tertiary/aromatic N) is 3. The maximum Gasteiger partial charge on any atom is 0.271 e. The molecule has 0 radical (unpaired) electrons. The van der Waals surface area contributed by atoms with Crippen LogP contribution in [-0.2, 0) is 0 Å². The lowest BCUT2D eigenvalue weighted by atomic mass is 9.81. The average molecular weight is 362 g/mol. The number of carbonyl (C=O) groups is 1. The Kier molecular flexibility index (Phi) is 5.11. The van der Waals surface area contributed by atoms with E-state index in [0.717, 1.165) is 37.3 Å². The van der Waals surface area contributed by atoms with Crippen molar-refractivity contribution >= 4 is 17.5 Å². The van der Waals surface area contributed by atoms with Crippen molar-refractivity contribution in [2.75, 3.05) is 19.6 Å². The third-order valence-corrected chi connectivity index (χ3v) is 5.06. The number of halogens is 1. The molecule has 0 saturated carbocycles. The molecular weight excluding hydrogens is 338 g/mol. The van der Waals surface area contributed by atoms with Crippen LogP contribution >= 0.6 is 11.6 Å². The van der Waals surface area contributed by atoms with Crippen molar-refractivity contribution in [3.63, 3.8) is 0 Å². The van der Waals surface area contributed by atoms with Gasteiger partial charge in [-0.15, -0.1) is 0 Å². The van der Waals surface area contributed by atoms with Crippen LogP contribution in [0, 0.1) is 19.3 Å². The third-order valence-electron chi connectivity index (χ3n) is 4.76. The van der Waals surface area contributed by atoms with Gasteiger partial charge in [0.15, 0.2) is 5.82 Å². The highest BCUT2D eigenvalue weighted by Gasteiger charge is 2.27. The van der Waals surface area contributed by atoms with E-state index in [4.69, 9.17) is 11.6 Å². The predicted octanol–water partition coefficient (Wildman–Crippen LogP) is 2.66. The molecule has 6 nitrogen and oxygen atoms in total. The summed E-state index contributed by atoms with van der Waals surface area (Å²) >= 11 is 6.22. The molecule has 0 unspecified atom stereocenters. The highest BCUT2D eigenvalue weighted by atomic mass is 35.5. The molecule has 2 N–H and O–H groups in total. The minimum Gasteiger partial charge on any atom is -0.350 e. The number of hydrogen-bond acceptors (Lipinski definition) is 4. The Balaban J connectivity index is 1.78. The Morgan fingerprint density at radius 2 is 2.08 bits per heavy atom. The zero-order valence-corrected chi connectivity index (χ0v) is 15.7. The molecule has 2 aromatic rings. The fourth-order valence-corrected chi connectivity index (χ4v) is 3.35. The molecule has 1 aliphatic heterocycles. The average Bonchev–Trinajstić information content (AvgIpc) is 2.92. The molecule has 0 atom stereocenters. The minimum absolute atomic E-state index is 0.112. The number of piperidine rings is 1. The SMILES string of the molecule is Cc1cc(C)n(-c2ccc(Cl)c(C(=O)NCC3(C)CCNCC3)n2)n1. The summed E-state index contributed by atoms with van der Waals surface area (Å²) in [6.07, 6.45) is 2.08. The molecule has 25 heavy (non-hydrogen) atoms. The Morgan fingerprint density at radius 1 is 1.36 bits per heavy atom. The van der Waals surface area contributed by atoms with Crippen molar-refractivity contribution in [2.45, 2.75) is 33.6 Å².